The molecule has 0 saturated carbocycles. The minimum atomic E-state index is 0.518. The molecule has 0 atom stereocenters. The van der Waals surface area contributed by atoms with Crippen LogP contribution in [0.25, 0.3) is 11.1 Å². The van der Waals surface area contributed by atoms with Crippen LogP contribution in [0.3, 0.4) is 0 Å². The summed E-state index contributed by atoms with van der Waals surface area (Å²) in [4.78, 5) is 4.32. The molecule has 0 saturated heterocycles. The van der Waals surface area contributed by atoms with Crippen LogP contribution in [0.5, 0.6) is 5.75 Å². The molecule has 0 amide bonds. The van der Waals surface area contributed by atoms with Crippen molar-refractivity contribution in [2.75, 3.05) is 6.61 Å². The summed E-state index contributed by atoms with van der Waals surface area (Å²) in [5.41, 5.74) is 4.50. The van der Waals surface area contributed by atoms with Gasteiger partial charge < -0.3 is 10.1 Å². The number of hydrogen-bond donors (Lipinski definition) is 1. The molecule has 0 aliphatic heterocycles. The number of benzene rings is 1. The van der Waals surface area contributed by atoms with Gasteiger partial charge in [-0.25, -0.2) is 0 Å². The van der Waals surface area contributed by atoms with Crippen LogP contribution < -0.4 is 4.74 Å². The molecule has 0 radical (unpaired) electrons. The second-order valence-electron chi connectivity index (χ2n) is 4.87. The highest BCUT2D eigenvalue weighted by Gasteiger charge is 2.08. The number of hydrogen-bond acceptors (Lipinski definition) is 3. The molecule has 1 aromatic heterocycles. The van der Waals surface area contributed by atoms with E-state index in [2.05, 4.69) is 18.0 Å². The van der Waals surface area contributed by atoms with Gasteiger partial charge in [-0.3, -0.25) is 4.98 Å². The van der Waals surface area contributed by atoms with E-state index in [1.165, 1.54) is 0 Å². The lowest BCUT2D eigenvalue weighted by Gasteiger charge is -2.12. The van der Waals surface area contributed by atoms with Crippen molar-refractivity contribution in [1.29, 1.82) is 5.41 Å². The summed E-state index contributed by atoms with van der Waals surface area (Å²) in [6.07, 6.45) is 2.82. The molecular weight excluding hydrogens is 248 g/mol. The third kappa shape index (κ3) is 3.23. The van der Waals surface area contributed by atoms with Crippen LogP contribution in [0.1, 0.15) is 31.5 Å². The maximum atomic E-state index is 7.82. The maximum absolute atomic E-state index is 7.82. The first kappa shape index (κ1) is 14.3. The zero-order valence-corrected chi connectivity index (χ0v) is 12.2. The van der Waals surface area contributed by atoms with E-state index < -0.39 is 0 Å². The van der Waals surface area contributed by atoms with Crippen LogP contribution in [0, 0.1) is 12.3 Å². The number of rotatable bonds is 5. The van der Waals surface area contributed by atoms with Crippen LogP contribution in [0.2, 0.25) is 0 Å². The average molecular weight is 268 g/mol. The van der Waals surface area contributed by atoms with Gasteiger partial charge in [0.05, 0.1) is 6.61 Å². The van der Waals surface area contributed by atoms with Gasteiger partial charge in [0, 0.05) is 28.7 Å². The van der Waals surface area contributed by atoms with Gasteiger partial charge in [-0.2, -0.15) is 0 Å². The molecule has 0 bridgehead atoms. The molecular formula is C17H20N2O. The molecule has 0 unspecified atom stereocenters. The van der Waals surface area contributed by atoms with Gasteiger partial charge in [0.2, 0.25) is 0 Å². The molecule has 104 valence electrons. The van der Waals surface area contributed by atoms with Crippen LogP contribution >= 0.6 is 0 Å². The molecule has 0 aliphatic carbocycles. The molecule has 0 fully saturated rings. The predicted octanol–water partition coefficient (Wildman–Crippen LogP) is 4.23. The minimum Gasteiger partial charge on any atom is -0.493 e. The van der Waals surface area contributed by atoms with Crippen LogP contribution in [0.4, 0.5) is 0 Å². The third-order valence-corrected chi connectivity index (χ3v) is 3.09. The lowest BCUT2D eigenvalue weighted by Crippen LogP contribution is -2.02. The number of nitrogens with one attached hydrogen (secondary N) is 1. The molecule has 2 aromatic rings. The van der Waals surface area contributed by atoms with Gasteiger partial charge in [0.1, 0.15) is 5.75 Å². The normalized spacial score (nSPS) is 10.3. The van der Waals surface area contributed by atoms with E-state index in [1.807, 2.05) is 37.4 Å². The lowest BCUT2D eigenvalue weighted by atomic mass is 10.0. The van der Waals surface area contributed by atoms with Gasteiger partial charge >= 0.3 is 0 Å². The summed E-state index contributed by atoms with van der Waals surface area (Å²) in [6, 6.07) is 10.0. The van der Waals surface area contributed by atoms with Crippen molar-refractivity contribution < 1.29 is 4.74 Å². The van der Waals surface area contributed by atoms with E-state index in [-0.39, 0.29) is 0 Å². The van der Waals surface area contributed by atoms with Gasteiger partial charge in [-0.1, -0.05) is 19.1 Å². The fourth-order valence-electron chi connectivity index (χ4n) is 1.98. The summed E-state index contributed by atoms with van der Waals surface area (Å²) in [5, 5.41) is 7.82. The molecule has 0 aliphatic rings. The van der Waals surface area contributed by atoms with Crippen LogP contribution in [-0.2, 0) is 0 Å². The molecule has 1 heterocycles. The predicted molar refractivity (Wildman–Crippen MR) is 82.7 cm³/mol. The van der Waals surface area contributed by atoms with E-state index in [0.717, 1.165) is 34.6 Å². The quantitative estimate of drug-likeness (QED) is 0.825. The highest BCUT2D eigenvalue weighted by Crippen LogP contribution is 2.27. The number of ether oxygens (including phenoxy) is 1. The van der Waals surface area contributed by atoms with Crippen molar-refractivity contribution in [2.24, 2.45) is 0 Å². The second-order valence-corrected chi connectivity index (χ2v) is 4.87. The molecule has 3 heteroatoms. The summed E-state index contributed by atoms with van der Waals surface area (Å²) < 4.78 is 5.77. The Labute approximate surface area is 120 Å². The maximum Gasteiger partial charge on any atom is 0.128 e. The summed E-state index contributed by atoms with van der Waals surface area (Å²) in [5.74, 6) is 0.775. The third-order valence-electron chi connectivity index (χ3n) is 3.09. The number of nitrogens with zero attached hydrogens (tertiary/aromatic N) is 1. The van der Waals surface area contributed by atoms with Crippen LogP contribution in [0.15, 0.2) is 36.5 Å². The minimum absolute atomic E-state index is 0.518. The fraction of sp³-hybridized carbons (Fsp3) is 0.294. The van der Waals surface area contributed by atoms with E-state index in [0.29, 0.717) is 12.3 Å². The van der Waals surface area contributed by atoms with Crippen molar-refractivity contribution in [2.45, 2.75) is 27.2 Å². The molecule has 20 heavy (non-hydrogen) atoms. The Hall–Kier alpha value is -2.16. The topological polar surface area (TPSA) is 46.0 Å². The first-order valence-corrected chi connectivity index (χ1v) is 6.87. The van der Waals surface area contributed by atoms with Gasteiger partial charge in [0.15, 0.2) is 0 Å². The zero-order valence-electron chi connectivity index (χ0n) is 12.2. The van der Waals surface area contributed by atoms with Crippen molar-refractivity contribution in [3.05, 3.63) is 47.8 Å². The van der Waals surface area contributed by atoms with E-state index >= 15 is 0 Å². The monoisotopic (exact) mass is 268 g/mol. The molecule has 2 rings (SSSR count). The molecule has 1 N–H and O–H groups in total. The Morgan fingerprint density at radius 2 is 1.95 bits per heavy atom. The van der Waals surface area contributed by atoms with E-state index in [9.17, 15) is 0 Å². The van der Waals surface area contributed by atoms with Gasteiger partial charge in [-0.15, -0.1) is 0 Å². The Kier molecular flexibility index (Phi) is 4.51. The van der Waals surface area contributed by atoms with Crippen molar-refractivity contribution in [3.8, 4) is 16.9 Å². The first-order chi connectivity index (χ1) is 9.61. The Bertz CT molecular complexity index is 603. The highest BCUT2D eigenvalue weighted by molar-refractivity contribution is 5.99. The van der Waals surface area contributed by atoms with E-state index in [1.54, 1.807) is 6.92 Å². The van der Waals surface area contributed by atoms with Crippen molar-refractivity contribution >= 4 is 5.71 Å². The molecule has 1 aromatic carbocycles. The summed E-state index contributed by atoms with van der Waals surface area (Å²) in [7, 11) is 0. The highest BCUT2D eigenvalue weighted by atomic mass is 16.5. The Morgan fingerprint density at radius 3 is 2.55 bits per heavy atom. The summed E-state index contributed by atoms with van der Waals surface area (Å²) >= 11 is 0. The average Bonchev–Trinajstić information content (AvgIpc) is 2.45. The standard InChI is InChI=1S/C17H20N2O/c1-4-9-20-17-10-14(7-8-16(17)13(3)18)15-6-5-12(2)19-11-15/h5-8,10-11,18H,4,9H2,1-3H3. The largest absolute Gasteiger partial charge is 0.493 e. The smallest absolute Gasteiger partial charge is 0.128 e. The van der Waals surface area contributed by atoms with Crippen molar-refractivity contribution in [1.82, 2.24) is 4.98 Å². The SMILES string of the molecule is CCCOc1cc(-c2ccc(C)nc2)ccc1C(C)=N. The molecule has 3 nitrogen and oxygen atoms in total. The first-order valence-electron chi connectivity index (χ1n) is 6.87. The summed E-state index contributed by atoms with van der Waals surface area (Å²) in [6.45, 7) is 6.49. The Balaban J connectivity index is 2.40. The number of aromatic nitrogens is 1. The van der Waals surface area contributed by atoms with E-state index in [4.69, 9.17) is 10.1 Å². The van der Waals surface area contributed by atoms with Gasteiger partial charge in [0.25, 0.3) is 0 Å². The zero-order chi connectivity index (χ0) is 14.5. The lowest BCUT2D eigenvalue weighted by molar-refractivity contribution is 0.317. The number of pyridine rings is 1. The fourth-order valence-corrected chi connectivity index (χ4v) is 1.98. The molecule has 0 spiro atoms. The van der Waals surface area contributed by atoms with Crippen molar-refractivity contribution in [3.63, 3.8) is 0 Å². The van der Waals surface area contributed by atoms with Crippen LogP contribution in [-0.4, -0.2) is 17.3 Å². The Morgan fingerprint density at radius 1 is 1.20 bits per heavy atom. The second kappa shape index (κ2) is 6.33. The van der Waals surface area contributed by atoms with Gasteiger partial charge in [-0.05, 0) is 44.0 Å². The number of aryl methyl sites for hydroxylation is 1.